The summed E-state index contributed by atoms with van der Waals surface area (Å²) in [6, 6.07) is 4.42. The van der Waals surface area contributed by atoms with E-state index in [1.165, 1.54) is 6.92 Å². The predicted molar refractivity (Wildman–Crippen MR) is 153 cm³/mol. The Hall–Kier alpha value is -4.24. The second-order valence-electron chi connectivity index (χ2n) is 9.44. The summed E-state index contributed by atoms with van der Waals surface area (Å²) in [6.07, 6.45) is 1.91. The van der Waals surface area contributed by atoms with Crippen LogP contribution in [0.2, 0.25) is 0 Å². The molecule has 4 amide bonds. The number of rotatable bonds is 19. The Kier molecular flexibility index (Phi) is 16.1. The van der Waals surface area contributed by atoms with Crippen LogP contribution in [0.25, 0.3) is 0 Å². The second-order valence-corrected chi connectivity index (χ2v) is 9.44. The van der Waals surface area contributed by atoms with Gasteiger partial charge < -0.3 is 49.3 Å². The minimum absolute atomic E-state index is 0.0520. The normalized spacial score (nSPS) is 13.5. The number of nitrogens with one attached hydrogen (secondary N) is 4. The molecule has 228 valence electrons. The lowest BCUT2D eigenvalue weighted by atomic mass is 10.0. The summed E-state index contributed by atoms with van der Waals surface area (Å²) in [4.78, 5) is 66.5. The topological polar surface area (TPSA) is 270 Å². The van der Waals surface area contributed by atoms with Gasteiger partial charge >= 0.3 is 5.97 Å². The van der Waals surface area contributed by atoms with Crippen LogP contribution in [-0.4, -0.2) is 84.5 Å². The van der Waals surface area contributed by atoms with Gasteiger partial charge in [0.05, 0.1) is 6.54 Å². The molecule has 15 nitrogen and oxygen atoms in total. The average Bonchev–Trinajstić information content (AvgIpc) is 2.93. The van der Waals surface area contributed by atoms with Crippen LogP contribution >= 0.6 is 0 Å². The Morgan fingerprint density at radius 3 is 2.00 bits per heavy atom. The molecule has 0 unspecified atom stereocenters. The molecule has 0 radical (unpaired) electrons. The van der Waals surface area contributed by atoms with Crippen molar-refractivity contribution in [3.63, 3.8) is 0 Å². The zero-order valence-electron chi connectivity index (χ0n) is 23.3. The fraction of sp³-hybridized carbons (Fsp3) is 0.538. The number of unbranched alkanes of at least 4 members (excludes halogenated alkanes) is 1. The number of hydrogen-bond acceptors (Lipinski definition) is 8. The zero-order chi connectivity index (χ0) is 30.8. The monoisotopic (exact) mass is 577 g/mol. The Bertz CT molecular complexity index is 1030. The van der Waals surface area contributed by atoms with Crippen LogP contribution in [0.15, 0.2) is 35.3 Å². The average molecular weight is 578 g/mol. The van der Waals surface area contributed by atoms with E-state index in [9.17, 15) is 29.1 Å². The first-order valence-corrected chi connectivity index (χ1v) is 13.4. The van der Waals surface area contributed by atoms with Crippen LogP contribution in [0, 0.1) is 0 Å². The molecule has 0 saturated heterocycles. The third kappa shape index (κ3) is 14.1. The molecule has 13 N–H and O–H groups in total. The highest BCUT2D eigenvalue weighted by atomic mass is 16.4. The number of carbonyl (C=O) groups is 5. The fourth-order valence-corrected chi connectivity index (χ4v) is 3.78. The lowest BCUT2D eigenvalue weighted by molar-refractivity contribution is -0.142. The highest BCUT2D eigenvalue weighted by Crippen LogP contribution is 2.07. The van der Waals surface area contributed by atoms with Crippen LogP contribution in [0.4, 0.5) is 0 Å². The molecule has 0 fully saturated rings. The van der Waals surface area contributed by atoms with Gasteiger partial charge in [-0.1, -0.05) is 30.3 Å². The van der Waals surface area contributed by atoms with Crippen molar-refractivity contribution >= 4 is 35.6 Å². The predicted octanol–water partition coefficient (Wildman–Crippen LogP) is -2.59. The number of carboxylic acids is 1. The number of amides is 4. The number of nitrogens with two attached hydrogens (primary N) is 4. The summed E-state index contributed by atoms with van der Waals surface area (Å²) in [5.74, 6) is -3.90. The minimum Gasteiger partial charge on any atom is -0.480 e. The quantitative estimate of drug-likeness (QED) is 0.0470. The van der Waals surface area contributed by atoms with Gasteiger partial charge in [-0.3, -0.25) is 24.2 Å². The number of aliphatic imine (C=N–C) groups is 1. The van der Waals surface area contributed by atoms with Crippen molar-refractivity contribution < 1.29 is 29.1 Å². The van der Waals surface area contributed by atoms with Crippen molar-refractivity contribution in [2.45, 2.75) is 69.6 Å². The first-order chi connectivity index (χ1) is 19.5. The van der Waals surface area contributed by atoms with E-state index in [1.54, 1.807) is 30.3 Å². The molecule has 0 aliphatic heterocycles. The lowest BCUT2D eigenvalue weighted by Crippen LogP contribution is -2.57. The van der Waals surface area contributed by atoms with Crippen molar-refractivity contribution in [1.82, 2.24) is 21.3 Å². The number of guanidine groups is 1. The smallest absolute Gasteiger partial charge is 0.326 e. The Morgan fingerprint density at radius 2 is 1.41 bits per heavy atom. The van der Waals surface area contributed by atoms with Crippen LogP contribution < -0.4 is 44.2 Å². The van der Waals surface area contributed by atoms with Gasteiger partial charge in [-0.05, 0) is 51.1 Å². The molecule has 1 aromatic carbocycles. The molecule has 1 aromatic rings. The van der Waals surface area contributed by atoms with Gasteiger partial charge in [0.15, 0.2) is 5.96 Å². The van der Waals surface area contributed by atoms with E-state index in [1.807, 2.05) is 0 Å². The maximum absolute atomic E-state index is 13.2. The number of benzene rings is 1. The van der Waals surface area contributed by atoms with Crippen molar-refractivity contribution in [2.24, 2.45) is 27.9 Å². The Balaban J connectivity index is 2.97. The molecule has 0 aliphatic rings. The maximum Gasteiger partial charge on any atom is 0.326 e. The zero-order valence-corrected chi connectivity index (χ0v) is 23.3. The highest BCUT2D eigenvalue weighted by Gasteiger charge is 2.29. The highest BCUT2D eigenvalue weighted by molar-refractivity contribution is 5.95. The third-order valence-corrected chi connectivity index (χ3v) is 6.01. The van der Waals surface area contributed by atoms with E-state index in [0.717, 1.165) is 0 Å². The molecule has 0 heterocycles. The number of nitrogens with zero attached hydrogens (tertiary/aromatic N) is 1. The van der Waals surface area contributed by atoms with Gasteiger partial charge in [0.1, 0.15) is 24.2 Å². The summed E-state index contributed by atoms with van der Waals surface area (Å²) in [7, 11) is 0. The summed E-state index contributed by atoms with van der Waals surface area (Å²) in [5, 5.41) is 19.7. The number of carbonyl (C=O) groups excluding carboxylic acids is 4. The molecule has 0 saturated carbocycles. The SMILES string of the molecule is C[C@H](NC(=O)[C@H](CCCCN)NC(=O)CN)C(=O)N[C@@H](Cc1ccccc1)C(=O)N[C@@H](CCCN=C(N)N)C(=O)O. The van der Waals surface area contributed by atoms with E-state index in [0.29, 0.717) is 37.8 Å². The van der Waals surface area contributed by atoms with E-state index < -0.39 is 53.8 Å². The van der Waals surface area contributed by atoms with E-state index >= 15 is 0 Å². The Morgan fingerprint density at radius 1 is 0.805 bits per heavy atom. The second kappa shape index (κ2) is 18.9. The van der Waals surface area contributed by atoms with Crippen LogP contribution in [-0.2, 0) is 30.4 Å². The van der Waals surface area contributed by atoms with Gasteiger partial charge in [-0.25, -0.2) is 4.79 Å². The van der Waals surface area contributed by atoms with Crippen molar-refractivity contribution in [1.29, 1.82) is 0 Å². The largest absolute Gasteiger partial charge is 0.480 e. The third-order valence-electron chi connectivity index (χ3n) is 6.01. The molecule has 0 spiro atoms. The van der Waals surface area contributed by atoms with Gasteiger partial charge in [-0.2, -0.15) is 0 Å². The molecule has 15 heteroatoms. The molecule has 41 heavy (non-hydrogen) atoms. The molecule has 4 atom stereocenters. The first kappa shape index (κ1) is 34.8. The minimum atomic E-state index is -1.26. The summed E-state index contributed by atoms with van der Waals surface area (Å²) >= 11 is 0. The summed E-state index contributed by atoms with van der Waals surface area (Å²) < 4.78 is 0. The van der Waals surface area contributed by atoms with Gasteiger partial charge in [0.25, 0.3) is 0 Å². The van der Waals surface area contributed by atoms with Crippen LogP contribution in [0.1, 0.15) is 44.6 Å². The molecule has 1 rings (SSSR count). The lowest BCUT2D eigenvalue weighted by Gasteiger charge is -2.24. The number of carboxylic acid groups (broad SMARTS) is 1. The van der Waals surface area contributed by atoms with E-state index in [-0.39, 0.29) is 31.9 Å². The molecule has 0 bridgehead atoms. The molecular formula is C26H43N9O6. The van der Waals surface area contributed by atoms with Gasteiger partial charge in [0.2, 0.25) is 23.6 Å². The standard InChI is InChI=1S/C26H43N9O6/c1-16(32-23(38)18(10-5-6-12-27)33-21(36)15-28)22(37)35-20(14-17-8-3-2-4-9-17)24(39)34-19(25(40)41)11-7-13-31-26(29)30/h2-4,8-9,16,18-20H,5-7,10-15,27-28H2,1H3,(H,32,38)(H,33,36)(H,34,39)(H,35,37)(H,40,41)(H4,29,30,31)/t16-,18-,19-,20-/m0/s1. The Labute approximate surface area is 239 Å². The van der Waals surface area contributed by atoms with Crippen molar-refractivity contribution in [2.75, 3.05) is 19.6 Å². The summed E-state index contributed by atoms with van der Waals surface area (Å²) in [6.45, 7) is 1.72. The molecule has 0 aliphatic carbocycles. The maximum atomic E-state index is 13.2. The van der Waals surface area contributed by atoms with E-state index in [2.05, 4.69) is 26.3 Å². The van der Waals surface area contributed by atoms with E-state index in [4.69, 9.17) is 22.9 Å². The van der Waals surface area contributed by atoms with Gasteiger partial charge in [0, 0.05) is 13.0 Å². The van der Waals surface area contributed by atoms with Crippen molar-refractivity contribution in [3.05, 3.63) is 35.9 Å². The molecule has 0 aromatic heterocycles. The van der Waals surface area contributed by atoms with Crippen LogP contribution in [0.5, 0.6) is 0 Å². The number of aliphatic carboxylic acids is 1. The van der Waals surface area contributed by atoms with Crippen molar-refractivity contribution in [3.8, 4) is 0 Å². The van der Waals surface area contributed by atoms with Crippen LogP contribution in [0.3, 0.4) is 0 Å². The molecular weight excluding hydrogens is 534 g/mol. The first-order valence-electron chi connectivity index (χ1n) is 13.4. The fourth-order valence-electron chi connectivity index (χ4n) is 3.78. The summed E-state index contributed by atoms with van der Waals surface area (Å²) in [5.41, 5.74) is 22.1. The van der Waals surface area contributed by atoms with Gasteiger partial charge in [-0.15, -0.1) is 0 Å². The number of hydrogen-bond donors (Lipinski definition) is 9.